The average molecular weight is 780 g/mol. The maximum absolute atomic E-state index is 5.26. The lowest BCUT2D eigenvalue weighted by Crippen LogP contribution is -2.05. The first-order chi connectivity index (χ1) is 29.4. The van der Waals surface area contributed by atoms with E-state index >= 15 is 0 Å². The smallest absolute Gasteiger partial charge is 0.164 e. The van der Waals surface area contributed by atoms with E-state index in [1.165, 1.54) is 11.1 Å². The van der Waals surface area contributed by atoms with Crippen molar-refractivity contribution in [3.05, 3.63) is 175 Å². The summed E-state index contributed by atoms with van der Waals surface area (Å²) in [6.45, 7) is 8.80. The Bertz CT molecular complexity index is 2930. The van der Waals surface area contributed by atoms with Crippen molar-refractivity contribution in [2.75, 3.05) is 0 Å². The zero-order valence-electron chi connectivity index (χ0n) is 33.8. The van der Waals surface area contributed by atoms with Gasteiger partial charge in [-0.15, -0.1) is 0 Å². The van der Waals surface area contributed by atoms with Gasteiger partial charge in [-0.3, -0.25) is 19.1 Å². The van der Waals surface area contributed by atoms with Crippen molar-refractivity contribution < 1.29 is 0 Å². The van der Waals surface area contributed by atoms with E-state index in [1.807, 2.05) is 60.7 Å². The van der Waals surface area contributed by atoms with Crippen LogP contribution < -0.4 is 0 Å². The van der Waals surface area contributed by atoms with Crippen molar-refractivity contribution in [2.24, 2.45) is 0 Å². The van der Waals surface area contributed by atoms with Crippen LogP contribution >= 0.6 is 0 Å². The molecule has 9 nitrogen and oxygen atoms in total. The second kappa shape index (κ2) is 15.3. The predicted molar refractivity (Wildman–Crippen MR) is 240 cm³/mol. The number of hydrogen-bond acceptors (Lipinski definition) is 7. The standard InChI is InChI=1S/C51H41N9/c1-32(2)34-13-17-36(18-14-34)47-56-48(37-19-15-35(16-20-37)33(3)4)58-49(57-47)40-29-41(59-45-11-7-5-9-43(45)54-50(59)38-21-25-52-26-22-38)31-42(30-40)60-46-12-8-6-10-44(46)55-51(60)39-23-27-53-28-24-39/h5-33H,1-4H3. The van der Waals surface area contributed by atoms with Crippen molar-refractivity contribution in [1.29, 1.82) is 0 Å². The Balaban J connectivity index is 1.27. The van der Waals surface area contributed by atoms with Crippen LogP contribution in [0.1, 0.15) is 50.7 Å². The van der Waals surface area contributed by atoms with Crippen LogP contribution in [0.5, 0.6) is 0 Å². The van der Waals surface area contributed by atoms with Gasteiger partial charge in [0.25, 0.3) is 0 Å². The highest BCUT2D eigenvalue weighted by molar-refractivity contribution is 5.86. The normalized spacial score (nSPS) is 11.6. The van der Waals surface area contributed by atoms with E-state index in [9.17, 15) is 0 Å². The summed E-state index contributed by atoms with van der Waals surface area (Å²) in [4.78, 5) is 34.6. The van der Waals surface area contributed by atoms with E-state index in [0.717, 1.165) is 72.9 Å². The first-order valence-electron chi connectivity index (χ1n) is 20.3. The molecule has 0 atom stereocenters. The van der Waals surface area contributed by atoms with E-state index in [1.54, 1.807) is 24.8 Å². The number of aromatic nitrogens is 9. The Morgan fingerprint density at radius 2 is 0.750 bits per heavy atom. The highest BCUT2D eigenvalue weighted by atomic mass is 15.1. The monoisotopic (exact) mass is 779 g/mol. The molecule has 9 heteroatoms. The van der Waals surface area contributed by atoms with Gasteiger partial charge in [0.15, 0.2) is 17.5 Å². The minimum absolute atomic E-state index is 0.400. The number of pyridine rings is 2. The quantitative estimate of drug-likeness (QED) is 0.144. The van der Waals surface area contributed by atoms with Crippen molar-refractivity contribution in [3.63, 3.8) is 0 Å². The fourth-order valence-corrected chi connectivity index (χ4v) is 7.74. The molecule has 290 valence electrons. The molecule has 0 saturated carbocycles. The third-order valence-electron chi connectivity index (χ3n) is 11.0. The lowest BCUT2D eigenvalue weighted by atomic mass is 10.0. The molecule has 0 spiro atoms. The summed E-state index contributed by atoms with van der Waals surface area (Å²) in [5, 5.41) is 0. The van der Waals surface area contributed by atoms with Gasteiger partial charge in [0.05, 0.1) is 33.4 Å². The molecule has 0 aliphatic rings. The number of para-hydroxylation sites is 4. The number of hydrogen-bond donors (Lipinski definition) is 0. The van der Waals surface area contributed by atoms with Crippen LogP contribution in [0, 0.1) is 0 Å². The van der Waals surface area contributed by atoms with Gasteiger partial charge in [-0.1, -0.05) is 100 Å². The molecular formula is C51H41N9. The fraction of sp³-hybridized carbons (Fsp3) is 0.118. The van der Waals surface area contributed by atoms with Gasteiger partial charge in [-0.05, 0) is 89.7 Å². The van der Waals surface area contributed by atoms with Crippen LogP contribution in [0.15, 0.2) is 164 Å². The van der Waals surface area contributed by atoms with Crippen LogP contribution in [0.3, 0.4) is 0 Å². The van der Waals surface area contributed by atoms with Crippen molar-refractivity contribution in [1.82, 2.24) is 44.0 Å². The minimum Gasteiger partial charge on any atom is -0.292 e. The van der Waals surface area contributed by atoms with E-state index in [2.05, 4.69) is 126 Å². The summed E-state index contributed by atoms with van der Waals surface area (Å²) < 4.78 is 4.42. The summed E-state index contributed by atoms with van der Waals surface area (Å²) in [6.07, 6.45) is 7.20. The van der Waals surface area contributed by atoms with Crippen molar-refractivity contribution in [2.45, 2.75) is 39.5 Å². The summed E-state index contributed by atoms with van der Waals surface area (Å²) in [6, 6.07) is 48.0. The highest BCUT2D eigenvalue weighted by Crippen LogP contribution is 2.36. The molecule has 5 aromatic heterocycles. The summed E-state index contributed by atoms with van der Waals surface area (Å²) >= 11 is 0. The van der Waals surface area contributed by atoms with Gasteiger partial charge >= 0.3 is 0 Å². The van der Waals surface area contributed by atoms with E-state index in [4.69, 9.17) is 24.9 Å². The Hall–Kier alpha value is -7.65. The molecule has 60 heavy (non-hydrogen) atoms. The molecule has 5 aromatic carbocycles. The number of imidazole rings is 2. The van der Waals surface area contributed by atoms with E-state index in [0.29, 0.717) is 29.3 Å². The maximum atomic E-state index is 5.26. The van der Waals surface area contributed by atoms with Crippen molar-refractivity contribution in [3.8, 4) is 68.3 Å². The third-order valence-corrected chi connectivity index (χ3v) is 11.0. The van der Waals surface area contributed by atoms with E-state index < -0.39 is 0 Å². The van der Waals surface area contributed by atoms with Gasteiger partial charge in [-0.2, -0.15) is 0 Å². The SMILES string of the molecule is CC(C)c1ccc(-c2nc(-c3ccc(C(C)C)cc3)nc(-c3cc(-n4c(-c5ccncc5)nc5ccccc54)cc(-n4c(-c5ccncc5)nc5ccccc54)c3)n2)cc1. The Labute approximate surface area is 348 Å². The first kappa shape index (κ1) is 36.7. The maximum Gasteiger partial charge on any atom is 0.164 e. The Kier molecular flexibility index (Phi) is 9.33. The molecule has 0 unspecified atom stereocenters. The number of fused-ring (bicyclic) bond motifs is 2. The van der Waals surface area contributed by atoms with Gasteiger partial charge in [0.1, 0.15) is 11.6 Å². The lowest BCUT2D eigenvalue weighted by Gasteiger charge is -2.17. The first-order valence-corrected chi connectivity index (χ1v) is 20.3. The molecular weight excluding hydrogens is 739 g/mol. The topological polar surface area (TPSA) is 100 Å². The number of benzene rings is 5. The van der Waals surface area contributed by atoms with Crippen LogP contribution in [0.2, 0.25) is 0 Å². The van der Waals surface area contributed by atoms with Gasteiger partial charge in [0.2, 0.25) is 0 Å². The third kappa shape index (κ3) is 6.79. The number of rotatable bonds is 9. The van der Waals surface area contributed by atoms with Gasteiger partial charge < -0.3 is 0 Å². The Morgan fingerprint density at radius 3 is 1.15 bits per heavy atom. The molecule has 0 aliphatic carbocycles. The second-order valence-electron chi connectivity index (χ2n) is 15.6. The highest BCUT2D eigenvalue weighted by Gasteiger charge is 2.21. The molecule has 0 aliphatic heterocycles. The average Bonchev–Trinajstić information content (AvgIpc) is 3.89. The molecule has 0 bridgehead atoms. The van der Waals surface area contributed by atoms with Crippen LogP contribution in [-0.2, 0) is 0 Å². The molecule has 0 saturated heterocycles. The lowest BCUT2D eigenvalue weighted by molar-refractivity contribution is 0.866. The summed E-state index contributed by atoms with van der Waals surface area (Å²) in [5.41, 5.74) is 12.5. The predicted octanol–water partition coefficient (Wildman–Crippen LogP) is 11.9. The minimum atomic E-state index is 0.400. The molecule has 0 radical (unpaired) electrons. The number of nitrogens with zero attached hydrogens (tertiary/aromatic N) is 9. The molecule has 0 N–H and O–H groups in total. The van der Waals surface area contributed by atoms with E-state index in [-0.39, 0.29) is 0 Å². The molecule has 5 heterocycles. The summed E-state index contributed by atoms with van der Waals surface area (Å²) in [5.74, 6) is 4.12. The molecule has 10 rings (SSSR count). The van der Waals surface area contributed by atoms with Crippen LogP contribution in [0.25, 0.3) is 90.4 Å². The summed E-state index contributed by atoms with van der Waals surface area (Å²) in [7, 11) is 0. The zero-order chi connectivity index (χ0) is 40.7. The van der Waals surface area contributed by atoms with Gasteiger partial charge in [0, 0.05) is 52.6 Å². The largest absolute Gasteiger partial charge is 0.292 e. The van der Waals surface area contributed by atoms with Crippen molar-refractivity contribution >= 4 is 22.1 Å². The second-order valence-corrected chi connectivity index (χ2v) is 15.6. The Morgan fingerprint density at radius 1 is 0.367 bits per heavy atom. The fourth-order valence-electron chi connectivity index (χ4n) is 7.74. The molecule has 0 fully saturated rings. The molecule has 10 aromatic rings. The van der Waals surface area contributed by atoms with Crippen LogP contribution in [0.4, 0.5) is 0 Å². The van der Waals surface area contributed by atoms with Gasteiger partial charge in [-0.25, -0.2) is 24.9 Å². The van der Waals surface area contributed by atoms with Crippen LogP contribution in [-0.4, -0.2) is 44.0 Å². The zero-order valence-corrected chi connectivity index (χ0v) is 33.8. The molecule has 0 amide bonds.